The third kappa shape index (κ3) is 2.99. The van der Waals surface area contributed by atoms with Crippen LogP contribution < -0.4 is 10.6 Å². The summed E-state index contributed by atoms with van der Waals surface area (Å²) in [5.41, 5.74) is 4.46. The fourth-order valence-corrected chi connectivity index (χ4v) is 8.92. The van der Waals surface area contributed by atoms with Crippen LogP contribution in [-0.4, -0.2) is 86.7 Å². The molecule has 5 saturated heterocycles. The van der Waals surface area contributed by atoms with Gasteiger partial charge < -0.3 is 30.3 Å². The second kappa shape index (κ2) is 8.36. The minimum absolute atomic E-state index is 0.00381. The van der Waals surface area contributed by atoms with Crippen LogP contribution in [0.3, 0.4) is 0 Å². The van der Waals surface area contributed by atoms with E-state index in [0.717, 1.165) is 59.0 Å². The molecule has 9 rings (SSSR count). The SMILES string of the molecule is O=C1N[C@@H](Cc2c[nH]c3cc([C@]45C[C@H]6C(=O)N7CCC[C@H]7C(=O)N6[C@H]4Nc4ccccc45)ccc23)C(=O)N2CCC[C@@H]12. The molecule has 6 atom stereocenters. The Balaban J connectivity index is 1.10. The fraction of sp³-hybridized carbons (Fsp3) is 0.438. The number of benzene rings is 2. The summed E-state index contributed by atoms with van der Waals surface area (Å²) in [6, 6.07) is 12.8. The minimum Gasteiger partial charge on any atom is -0.364 e. The van der Waals surface area contributed by atoms with Crippen molar-refractivity contribution in [2.24, 2.45) is 0 Å². The van der Waals surface area contributed by atoms with E-state index in [-0.39, 0.29) is 41.9 Å². The molecular formula is C32H32N6O4. The molecule has 2 aromatic carbocycles. The van der Waals surface area contributed by atoms with Crippen LogP contribution in [0.2, 0.25) is 0 Å². The number of H-pyrrole nitrogens is 1. The number of anilines is 1. The summed E-state index contributed by atoms with van der Waals surface area (Å²) in [5, 5.41) is 7.61. The van der Waals surface area contributed by atoms with Crippen molar-refractivity contribution in [2.45, 2.75) is 74.3 Å². The molecule has 6 aliphatic rings. The maximum absolute atomic E-state index is 13.8. The van der Waals surface area contributed by atoms with Gasteiger partial charge in [-0.1, -0.05) is 30.3 Å². The van der Waals surface area contributed by atoms with Crippen LogP contribution in [0.1, 0.15) is 48.8 Å². The first-order valence-electron chi connectivity index (χ1n) is 15.2. The van der Waals surface area contributed by atoms with Gasteiger partial charge in [-0.05, 0) is 60.9 Å². The smallest absolute Gasteiger partial charge is 0.247 e. The maximum atomic E-state index is 13.8. The number of fused-ring (bicyclic) bond motifs is 8. The van der Waals surface area contributed by atoms with Gasteiger partial charge in [-0.2, -0.15) is 0 Å². The Morgan fingerprint density at radius 2 is 1.62 bits per heavy atom. The average molecular weight is 565 g/mol. The highest BCUT2D eigenvalue weighted by molar-refractivity contribution is 6.00. The van der Waals surface area contributed by atoms with Crippen molar-refractivity contribution < 1.29 is 19.2 Å². The largest absolute Gasteiger partial charge is 0.364 e. The van der Waals surface area contributed by atoms with Crippen LogP contribution in [0, 0.1) is 0 Å². The third-order valence-electron chi connectivity index (χ3n) is 10.8. The van der Waals surface area contributed by atoms with Crippen LogP contribution >= 0.6 is 0 Å². The molecule has 0 spiro atoms. The quantitative estimate of drug-likeness (QED) is 0.449. The van der Waals surface area contributed by atoms with E-state index in [1.165, 1.54) is 0 Å². The summed E-state index contributed by atoms with van der Waals surface area (Å²) in [5.74, 6) is 0.0507. The lowest BCUT2D eigenvalue weighted by Gasteiger charge is -2.41. The van der Waals surface area contributed by atoms with Gasteiger partial charge in [0.05, 0.1) is 5.41 Å². The minimum atomic E-state index is -0.579. The molecule has 1 aromatic heterocycles. The van der Waals surface area contributed by atoms with Crippen molar-refractivity contribution in [1.82, 2.24) is 25.0 Å². The number of nitrogens with zero attached hydrogens (tertiary/aromatic N) is 3. The third-order valence-corrected chi connectivity index (χ3v) is 10.8. The summed E-state index contributed by atoms with van der Waals surface area (Å²) in [4.78, 5) is 62.2. The van der Waals surface area contributed by atoms with Crippen molar-refractivity contribution >= 4 is 40.2 Å². The van der Waals surface area contributed by atoms with Crippen LogP contribution in [0.5, 0.6) is 0 Å². The molecule has 6 aliphatic heterocycles. The van der Waals surface area contributed by atoms with Gasteiger partial charge in [-0.15, -0.1) is 0 Å². The molecule has 7 heterocycles. The van der Waals surface area contributed by atoms with Gasteiger partial charge in [0.15, 0.2) is 0 Å². The topological polar surface area (TPSA) is 118 Å². The molecule has 214 valence electrons. The monoisotopic (exact) mass is 564 g/mol. The van der Waals surface area contributed by atoms with Crippen molar-refractivity contribution in [3.05, 3.63) is 65.4 Å². The summed E-state index contributed by atoms with van der Waals surface area (Å²) in [7, 11) is 0. The molecule has 0 unspecified atom stereocenters. The summed E-state index contributed by atoms with van der Waals surface area (Å²) < 4.78 is 0. The van der Waals surface area contributed by atoms with Crippen molar-refractivity contribution in [3.63, 3.8) is 0 Å². The van der Waals surface area contributed by atoms with Gasteiger partial charge >= 0.3 is 0 Å². The molecular weight excluding hydrogens is 532 g/mol. The molecule has 0 radical (unpaired) electrons. The molecule has 10 heteroatoms. The number of hydrogen-bond donors (Lipinski definition) is 3. The van der Waals surface area contributed by atoms with Gasteiger partial charge in [-0.3, -0.25) is 19.2 Å². The number of para-hydroxylation sites is 1. The number of piperazine rings is 2. The number of nitrogens with one attached hydrogen (secondary N) is 3. The lowest BCUT2D eigenvalue weighted by molar-refractivity contribution is -0.158. The Bertz CT molecular complexity index is 1720. The second-order valence-corrected chi connectivity index (χ2v) is 12.7. The number of aromatic amines is 1. The van der Waals surface area contributed by atoms with Gasteiger partial charge in [-0.25, -0.2) is 0 Å². The van der Waals surface area contributed by atoms with Gasteiger partial charge in [0.1, 0.15) is 30.3 Å². The molecule has 3 aromatic rings. The first-order chi connectivity index (χ1) is 20.5. The summed E-state index contributed by atoms with van der Waals surface area (Å²) in [6.07, 6.45) is 5.70. The molecule has 3 N–H and O–H groups in total. The summed E-state index contributed by atoms with van der Waals surface area (Å²) >= 11 is 0. The molecule has 0 aliphatic carbocycles. The zero-order chi connectivity index (χ0) is 28.3. The van der Waals surface area contributed by atoms with Crippen LogP contribution in [0.4, 0.5) is 5.69 Å². The van der Waals surface area contributed by atoms with Crippen molar-refractivity contribution in [3.8, 4) is 0 Å². The van der Waals surface area contributed by atoms with E-state index in [1.807, 2.05) is 29.3 Å². The standard InChI is InChI=1S/C32H32N6O4/c39-27-24-7-3-11-36(24)28(40)23(34-27)13-17-16-33-22-14-18(9-10-19(17)22)32-15-26-29(41)37-12-4-8-25(37)30(42)38(26)31(32)35-21-6-2-1-5-20(21)32/h1-2,5-6,9-10,14,16,23-26,31,33,35H,3-4,7-8,11-13,15H2,(H,34,39)/t23-,24-,25-,26-,31+,32-/m0/s1. The zero-order valence-electron chi connectivity index (χ0n) is 23.1. The van der Waals surface area contributed by atoms with Gasteiger partial charge in [0.2, 0.25) is 23.6 Å². The van der Waals surface area contributed by atoms with E-state index < -0.39 is 17.5 Å². The van der Waals surface area contributed by atoms with Gasteiger partial charge in [0.25, 0.3) is 0 Å². The van der Waals surface area contributed by atoms with Crippen LogP contribution in [-0.2, 0) is 31.0 Å². The highest BCUT2D eigenvalue weighted by atomic mass is 16.2. The van der Waals surface area contributed by atoms with E-state index >= 15 is 0 Å². The molecule has 4 amide bonds. The Morgan fingerprint density at radius 3 is 2.48 bits per heavy atom. The van der Waals surface area contributed by atoms with Crippen LogP contribution in [0.25, 0.3) is 10.9 Å². The zero-order valence-corrected chi connectivity index (χ0v) is 23.1. The molecule has 10 nitrogen and oxygen atoms in total. The Hall–Kier alpha value is -4.34. The first kappa shape index (κ1) is 24.3. The van der Waals surface area contributed by atoms with Crippen LogP contribution in [0.15, 0.2) is 48.7 Å². The number of amides is 4. The molecule has 0 saturated carbocycles. The molecule has 42 heavy (non-hydrogen) atoms. The predicted octanol–water partition coefficient (Wildman–Crippen LogP) is 1.84. The Labute approximate surface area is 242 Å². The normalized spacial score (nSPS) is 33.0. The number of hydrogen-bond acceptors (Lipinski definition) is 5. The van der Waals surface area contributed by atoms with Gasteiger partial charge in [0, 0.05) is 42.3 Å². The molecule has 5 fully saturated rings. The maximum Gasteiger partial charge on any atom is 0.247 e. The Kier molecular flexibility index (Phi) is 4.83. The Morgan fingerprint density at radius 1 is 0.833 bits per heavy atom. The average Bonchev–Trinajstić information content (AvgIpc) is 3.82. The van der Waals surface area contributed by atoms with Crippen molar-refractivity contribution in [1.29, 1.82) is 0 Å². The fourth-order valence-electron chi connectivity index (χ4n) is 8.92. The number of aromatic nitrogens is 1. The highest BCUT2D eigenvalue weighted by Gasteiger charge is 2.65. The predicted molar refractivity (Wildman–Crippen MR) is 153 cm³/mol. The highest BCUT2D eigenvalue weighted by Crippen LogP contribution is 2.56. The van der Waals surface area contributed by atoms with E-state index in [9.17, 15) is 19.2 Å². The van der Waals surface area contributed by atoms with E-state index in [1.54, 1.807) is 9.80 Å². The number of carbonyl (C=O) groups excluding carboxylic acids is 4. The lowest BCUT2D eigenvalue weighted by atomic mass is 9.72. The van der Waals surface area contributed by atoms with Crippen molar-refractivity contribution in [2.75, 3.05) is 18.4 Å². The first-order valence-corrected chi connectivity index (χ1v) is 15.2. The summed E-state index contributed by atoms with van der Waals surface area (Å²) in [6.45, 7) is 1.30. The number of carbonyl (C=O) groups is 4. The number of rotatable bonds is 3. The molecule has 0 bridgehead atoms. The van der Waals surface area contributed by atoms with E-state index in [0.29, 0.717) is 25.9 Å². The van der Waals surface area contributed by atoms with E-state index in [2.05, 4.69) is 39.9 Å². The van der Waals surface area contributed by atoms with E-state index in [4.69, 9.17) is 0 Å². The second-order valence-electron chi connectivity index (χ2n) is 12.7. The lowest BCUT2D eigenvalue weighted by Crippen LogP contribution is -2.63.